The van der Waals surface area contributed by atoms with Crippen LogP contribution in [0.5, 0.6) is 5.75 Å². The van der Waals surface area contributed by atoms with Crippen LogP contribution in [0.4, 0.5) is 5.69 Å². The van der Waals surface area contributed by atoms with Gasteiger partial charge in [-0.2, -0.15) is 0 Å². The van der Waals surface area contributed by atoms with E-state index in [4.69, 9.17) is 4.74 Å². The molecule has 3 atom stereocenters. The van der Waals surface area contributed by atoms with Gasteiger partial charge in [-0.05, 0) is 37.3 Å². The number of aromatic hydroxyl groups is 1. The van der Waals surface area contributed by atoms with Gasteiger partial charge >= 0.3 is 10.8 Å². The third-order valence-corrected chi connectivity index (χ3v) is 8.76. The number of benzene rings is 2. The van der Waals surface area contributed by atoms with Crippen LogP contribution in [0.15, 0.2) is 58.4 Å². The molecule has 3 heterocycles. The molecule has 0 bridgehead atoms. The van der Waals surface area contributed by atoms with Crippen molar-refractivity contribution in [3.8, 4) is 5.75 Å². The fourth-order valence-electron chi connectivity index (χ4n) is 4.51. The summed E-state index contributed by atoms with van der Waals surface area (Å²) < 4.78 is 6.23. The van der Waals surface area contributed by atoms with E-state index in [0.29, 0.717) is 26.7 Å². The van der Waals surface area contributed by atoms with E-state index in [0.717, 1.165) is 23.1 Å². The number of imide groups is 1. The lowest BCUT2D eigenvalue weighted by molar-refractivity contribution is -0.126. The lowest BCUT2D eigenvalue weighted by atomic mass is 9.82. The Bertz CT molecular complexity index is 1480. The normalized spacial score (nSPS) is 20.1. The molecule has 1 aromatic heterocycles. The van der Waals surface area contributed by atoms with E-state index in [-0.39, 0.29) is 18.9 Å². The Morgan fingerprint density at radius 1 is 1.08 bits per heavy atom. The molecule has 1 fully saturated rings. The van der Waals surface area contributed by atoms with Gasteiger partial charge in [0.1, 0.15) is 17.5 Å². The number of phenols is 1. The predicted molar refractivity (Wildman–Crippen MR) is 136 cm³/mol. The van der Waals surface area contributed by atoms with Gasteiger partial charge in [0.15, 0.2) is 0 Å². The molecule has 190 valence electrons. The number of hydrogen-bond donors (Lipinski definition) is 3. The molecule has 3 N–H and O–H groups in total. The predicted octanol–water partition coefficient (Wildman–Crippen LogP) is 2.31. The van der Waals surface area contributed by atoms with E-state index in [1.165, 1.54) is 22.8 Å². The van der Waals surface area contributed by atoms with Gasteiger partial charge in [-0.15, -0.1) is 0 Å². The van der Waals surface area contributed by atoms with Crippen LogP contribution in [-0.4, -0.2) is 45.2 Å². The third-order valence-electron chi connectivity index (χ3n) is 6.14. The fourth-order valence-corrected chi connectivity index (χ4v) is 7.24. The first-order valence-corrected chi connectivity index (χ1v) is 13.1. The number of thiazole rings is 1. The molecular formula is C25H21N3O7S2. The summed E-state index contributed by atoms with van der Waals surface area (Å²) in [5.41, 5.74) is 1.20. The molecule has 0 spiro atoms. The van der Waals surface area contributed by atoms with Crippen molar-refractivity contribution in [1.29, 1.82) is 0 Å². The number of carbonyl (C=O) groups is 4. The van der Waals surface area contributed by atoms with E-state index < -0.39 is 45.6 Å². The Hall–Kier alpha value is -3.90. The van der Waals surface area contributed by atoms with Crippen LogP contribution in [0.3, 0.4) is 0 Å². The van der Waals surface area contributed by atoms with Gasteiger partial charge in [-0.1, -0.05) is 41.3 Å². The average Bonchev–Trinajstić information content (AvgIpc) is 3.33. The van der Waals surface area contributed by atoms with Crippen molar-refractivity contribution < 1.29 is 29.0 Å². The topological polar surface area (TPSA) is 144 Å². The maximum absolute atomic E-state index is 13.0. The summed E-state index contributed by atoms with van der Waals surface area (Å²) in [5.74, 6) is -3.45. The lowest BCUT2D eigenvalue weighted by Crippen LogP contribution is -2.32. The lowest BCUT2D eigenvalue weighted by Gasteiger charge is -2.31. The second-order valence-electron chi connectivity index (χ2n) is 8.42. The number of aromatic nitrogens is 1. The number of hydrogen-bond acceptors (Lipinski definition) is 9. The van der Waals surface area contributed by atoms with Gasteiger partial charge < -0.3 is 15.2 Å². The molecule has 0 saturated carbocycles. The molecule has 10 nitrogen and oxygen atoms in total. The van der Waals surface area contributed by atoms with Gasteiger partial charge in [0.25, 0.3) is 0 Å². The van der Waals surface area contributed by atoms with Crippen LogP contribution in [0, 0.1) is 5.92 Å². The zero-order valence-electron chi connectivity index (χ0n) is 19.4. The number of nitrogens with zero attached hydrogens (tertiary/aromatic N) is 1. The van der Waals surface area contributed by atoms with Crippen molar-refractivity contribution in [2.24, 2.45) is 5.92 Å². The fraction of sp³-hybridized carbons (Fsp3) is 0.240. The van der Waals surface area contributed by atoms with Crippen molar-refractivity contribution in [1.82, 2.24) is 9.88 Å². The Labute approximate surface area is 218 Å². The Morgan fingerprint density at radius 3 is 2.51 bits per heavy atom. The minimum absolute atomic E-state index is 0.0485. The second kappa shape index (κ2) is 9.87. The van der Waals surface area contributed by atoms with Crippen LogP contribution in [0.25, 0.3) is 0 Å². The highest BCUT2D eigenvalue weighted by atomic mass is 32.2. The van der Waals surface area contributed by atoms with Crippen molar-refractivity contribution in [2.45, 2.75) is 29.7 Å². The number of thioether (sulfide) groups is 1. The van der Waals surface area contributed by atoms with Crippen molar-refractivity contribution in [3.63, 3.8) is 0 Å². The molecule has 0 radical (unpaired) electrons. The van der Waals surface area contributed by atoms with Crippen molar-refractivity contribution in [3.05, 3.63) is 74.2 Å². The number of para-hydroxylation sites is 1. The first kappa shape index (κ1) is 24.8. The van der Waals surface area contributed by atoms with Crippen LogP contribution >= 0.6 is 23.1 Å². The van der Waals surface area contributed by atoms with E-state index in [1.807, 2.05) is 0 Å². The maximum atomic E-state index is 13.0. The van der Waals surface area contributed by atoms with Gasteiger partial charge in [0, 0.05) is 22.0 Å². The second-order valence-corrected chi connectivity index (χ2v) is 10.5. The number of carbonyl (C=O) groups excluding carboxylic acids is 4. The van der Waals surface area contributed by atoms with Gasteiger partial charge in [-0.3, -0.25) is 29.1 Å². The number of rotatable bonds is 6. The van der Waals surface area contributed by atoms with Gasteiger partial charge in [-0.25, -0.2) is 4.79 Å². The third kappa shape index (κ3) is 4.53. The van der Waals surface area contributed by atoms with E-state index in [9.17, 15) is 29.1 Å². The number of phenolic OH excluding ortho intramolecular Hbond substituents is 1. The van der Waals surface area contributed by atoms with E-state index in [2.05, 4.69) is 10.6 Å². The average molecular weight is 540 g/mol. The molecule has 12 heteroatoms. The summed E-state index contributed by atoms with van der Waals surface area (Å²) in [6.45, 7) is 1.63. The molecule has 0 unspecified atom stereocenters. The SMILES string of the molecule is CCOC(=O)c1ccc(NC(=O)Cn2c3c(sc2=O)[C@@H](c2ccccc2O)[C@H]2C(=O)NC(=O)[C@H]2S3)cc1. The van der Waals surface area contributed by atoms with Crippen molar-refractivity contribution >= 4 is 52.5 Å². The molecular weight excluding hydrogens is 518 g/mol. The zero-order chi connectivity index (χ0) is 26.3. The molecule has 0 aliphatic carbocycles. The monoisotopic (exact) mass is 539 g/mol. The highest BCUT2D eigenvalue weighted by Crippen LogP contribution is 2.52. The highest BCUT2D eigenvalue weighted by Gasteiger charge is 2.53. The van der Waals surface area contributed by atoms with Gasteiger partial charge in [0.05, 0.1) is 23.1 Å². The molecule has 37 heavy (non-hydrogen) atoms. The molecule has 2 aliphatic heterocycles. The largest absolute Gasteiger partial charge is 0.508 e. The number of fused-ring (bicyclic) bond motifs is 2. The van der Waals surface area contributed by atoms with E-state index >= 15 is 0 Å². The minimum atomic E-state index is -0.802. The number of esters is 1. The molecule has 3 aromatic rings. The summed E-state index contributed by atoms with van der Waals surface area (Å²) in [4.78, 5) is 63.1. The first-order valence-electron chi connectivity index (χ1n) is 11.4. The quantitative estimate of drug-likeness (QED) is 0.320. The van der Waals surface area contributed by atoms with Crippen molar-refractivity contribution in [2.75, 3.05) is 11.9 Å². The number of nitrogens with one attached hydrogen (secondary N) is 2. The standard InChI is InChI=1S/C25H21N3O7S2/c1-2-35-24(33)12-7-9-13(10-8-12)26-16(30)11-28-23-20(37-25(28)34)17(14-5-3-4-6-15(14)29)18-19(36-23)22(32)27-21(18)31/h3-10,17-19,29H,2,11H2,1H3,(H,26,30)(H,27,31,32)/t17-,18+,19-/m0/s1. The number of amides is 3. The minimum Gasteiger partial charge on any atom is -0.508 e. The molecule has 2 aromatic carbocycles. The molecule has 1 saturated heterocycles. The summed E-state index contributed by atoms with van der Waals surface area (Å²) in [5, 5.41) is 15.2. The number of anilines is 1. The summed E-state index contributed by atoms with van der Waals surface area (Å²) >= 11 is 1.97. The Morgan fingerprint density at radius 2 is 1.81 bits per heavy atom. The zero-order valence-corrected chi connectivity index (χ0v) is 21.1. The maximum Gasteiger partial charge on any atom is 0.338 e. The summed E-state index contributed by atoms with van der Waals surface area (Å²) in [6.07, 6.45) is 0. The Balaban J connectivity index is 1.44. The summed E-state index contributed by atoms with van der Waals surface area (Å²) in [7, 11) is 0. The highest BCUT2D eigenvalue weighted by molar-refractivity contribution is 8.00. The molecule has 5 rings (SSSR count). The number of ether oxygens (including phenoxy) is 1. The van der Waals surface area contributed by atoms with Crippen LogP contribution in [0.1, 0.15) is 33.6 Å². The van der Waals surface area contributed by atoms with Gasteiger partial charge in [0.2, 0.25) is 17.7 Å². The summed E-state index contributed by atoms with van der Waals surface area (Å²) in [6, 6.07) is 12.7. The molecule has 3 amide bonds. The molecule has 2 aliphatic rings. The Kier molecular flexibility index (Phi) is 6.61. The smallest absolute Gasteiger partial charge is 0.338 e. The first-order chi connectivity index (χ1) is 17.8. The van der Waals surface area contributed by atoms with Crippen LogP contribution in [0.2, 0.25) is 0 Å². The van der Waals surface area contributed by atoms with Crippen LogP contribution < -0.4 is 15.5 Å². The van der Waals surface area contributed by atoms with Crippen LogP contribution in [-0.2, 0) is 25.7 Å². The van der Waals surface area contributed by atoms with E-state index in [1.54, 1.807) is 37.3 Å².